The van der Waals surface area contributed by atoms with E-state index in [1.807, 2.05) is 47.9 Å². The average molecular weight is 1520 g/mol. The number of carbonyl (C=O) groups excluding carboxylic acids is 4. The summed E-state index contributed by atoms with van der Waals surface area (Å²) in [7, 11) is -5.02. The minimum atomic E-state index is -1.80. The Morgan fingerprint density at radius 2 is 0.609 bits per heavy atom. The maximum Gasteiger partial charge on any atom is 0.342 e. The first kappa shape index (κ1) is 75.2. The maximum absolute atomic E-state index is 13.9. The van der Waals surface area contributed by atoms with Crippen LogP contribution in [0.2, 0.25) is 58.5 Å². The highest BCUT2D eigenvalue weighted by Gasteiger charge is 2.48. The van der Waals surface area contributed by atoms with Gasteiger partial charge >= 0.3 is 23.9 Å². The summed E-state index contributed by atoms with van der Waals surface area (Å²) in [4.78, 5) is 55.5. The molecule has 0 saturated carbocycles. The Morgan fingerprint density at radius 3 is 0.880 bits per heavy atom. The molecule has 0 aliphatic rings. The minimum Gasteiger partial charge on any atom is -0.462 e. The molecule has 0 atom stereocenters. The van der Waals surface area contributed by atoms with Gasteiger partial charge in [0.15, 0.2) is 0 Å². The lowest BCUT2D eigenvalue weighted by atomic mass is 10.1. The van der Waals surface area contributed by atoms with Gasteiger partial charge in [0, 0.05) is 38.0 Å². The summed E-state index contributed by atoms with van der Waals surface area (Å²) in [5.41, 5.74) is 7.91. The van der Waals surface area contributed by atoms with Gasteiger partial charge in [-0.05, 0) is 133 Å². The van der Waals surface area contributed by atoms with Gasteiger partial charge in [-0.15, -0.1) is 113 Å². The lowest BCUT2D eigenvalue weighted by Gasteiger charge is -2.42. The molecule has 8 nitrogen and oxygen atoms in total. The van der Waals surface area contributed by atoms with Crippen LogP contribution in [0.25, 0.3) is 66.5 Å². The van der Waals surface area contributed by atoms with Gasteiger partial charge in [-0.3, -0.25) is 0 Å². The molecule has 92 heavy (non-hydrogen) atoms. The third kappa shape index (κ3) is 13.6. The van der Waals surface area contributed by atoms with Crippen LogP contribution in [-0.2, 0) is 18.9 Å². The Morgan fingerprint density at radius 1 is 0.348 bits per heavy atom. The molecule has 10 aromatic rings. The largest absolute Gasteiger partial charge is 0.462 e. The van der Waals surface area contributed by atoms with E-state index >= 15 is 0 Å². The number of hydrogen-bond donors (Lipinski definition) is 0. The van der Waals surface area contributed by atoms with E-state index in [0.717, 1.165) is 68.2 Å². The van der Waals surface area contributed by atoms with Crippen molar-refractivity contribution in [3.8, 4) is 19.5 Å². The van der Waals surface area contributed by atoms with Crippen LogP contribution in [0.4, 0.5) is 0 Å². The molecule has 0 N–H and O–H groups in total. The van der Waals surface area contributed by atoms with Crippen LogP contribution in [0.5, 0.6) is 0 Å². The second-order valence-electron chi connectivity index (χ2n) is 26.2. The van der Waals surface area contributed by atoms with Gasteiger partial charge in [-0.25, -0.2) is 19.2 Å². The predicted octanol–water partition coefficient (Wildman–Crippen LogP) is 25.4. The molecule has 10 rings (SSSR count). The van der Waals surface area contributed by atoms with Crippen LogP contribution in [0.3, 0.4) is 0 Å². The van der Waals surface area contributed by atoms with Crippen LogP contribution in [-0.4, -0.2) is 74.5 Å². The molecule has 0 aliphatic carbocycles. The number of halogens is 2. The summed E-state index contributed by atoms with van der Waals surface area (Å²) in [6.45, 7) is 51.8. The van der Waals surface area contributed by atoms with E-state index in [1.165, 1.54) is 28.2 Å². The first-order valence-electron chi connectivity index (χ1n) is 32.1. The molecular formula is C69H90Cl2O8S10Si3. The summed E-state index contributed by atoms with van der Waals surface area (Å²) in [6.07, 6.45) is 0. The molecule has 23 heteroatoms. The smallest absolute Gasteiger partial charge is 0.342 e. The molecule has 0 aromatic carbocycles. The zero-order valence-electron chi connectivity index (χ0n) is 57.2. The van der Waals surface area contributed by atoms with E-state index in [4.69, 9.17) is 42.1 Å². The van der Waals surface area contributed by atoms with Gasteiger partial charge in [0.2, 0.25) is 0 Å². The Balaban J connectivity index is 0.000000231. The predicted molar refractivity (Wildman–Crippen MR) is 422 cm³/mol. The summed E-state index contributed by atoms with van der Waals surface area (Å²) in [5, 5.41) is 2.22. The zero-order chi connectivity index (χ0) is 68.0. The average Bonchev–Trinajstić information content (AvgIpc) is 1.57. The first-order valence-corrected chi connectivity index (χ1v) is 47.8. The van der Waals surface area contributed by atoms with Crippen molar-refractivity contribution in [2.45, 2.75) is 202 Å². The summed E-state index contributed by atoms with van der Waals surface area (Å²) in [6, 6.07) is 14.3. The highest BCUT2D eigenvalue weighted by atomic mass is 35.5. The highest BCUT2D eigenvalue weighted by molar-refractivity contribution is 7.40. The lowest BCUT2D eigenvalue weighted by Crippen LogP contribution is -2.54. The quantitative estimate of drug-likeness (QED) is 0.0375. The van der Waals surface area contributed by atoms with Crippen molar-refractivity contribution in [3.05, 3.63) is 72.7 Å². The summed E-state index contributed by atoms with van der Waals surface area (Å²) >= 11 is 28.9. The number of fused-ring (bicyclic) bond motifs is 5. The molecule has 10 heterocycles. The van der Waals surface area contributed by atoms with Crippen molar-refractivity contribution in [1.82, 2.24) is 0 Å². The number of carbonyl (C=O) groups is 4. The summed E-state index contributed by atoms with van der Waals surface area (Å²) in [5.74, 6) is -1.70. The number of thiophene rings is 10. The lowest BCUT2D eigenvalue weighted by molar-refractivity contribution is 0.0519. The molecular weight excluding hydrogens is 1430 g/mol. The number of ether oxygens (including phenoxy) is 4. The fourth-order valence-corrected chi connectivity index (χ4v) is 56.0. The Labute approximate surface area is 598 Å². The van der Waals surface area contributed by atoms with Crippen molar-refractivity contribution < 1.29 is 38.1 Å². The van der Waals surface area contributed by atoms with Crippen molar-refractivity contribution in [1.29, 1.82) is 0 Å². The monoisotopic (exact) mass is 1520 g/mol. The van der Waals surface area contributed by atoms with Crippen LogP contribution in [0, 0.1) is 0 Å². The normalized spacial score (nSPS) is 12.7. The van der Waals surface area contributed by atoms with E-state index < -0.39 is 36.2 Å². The molecule has 0 fully saturated rings. The molecule has 0 radical (unpaired) electrons. The highest BCUT2D eigenvalue weighted by Crippen LogP contribution is 2.55. The molecule has 500 valence electrons. The van der Waals surface area contributed by atoms with Crippen molar-refractivity contribution in [3.63, 3.8) is 0 Å². The third-order valence-electron chi connectivity index (χ3n) is 18.8. The van der Waals surface area contributed by atoms with E-state index in [0.29, 0.717) is 53.8 Å². The van der Waals surface area contributed by atoms with Gasteiger partial charge < -0.3 is 18.9 Å². The fourth-order valence-electron chi connectivity index (χ4n) is 15.6. The molecule has 0 amide bonds. The topological polar surface area (TPSA) is 105 Å². The Kier molecular flexibility index (Phi) is 25.1. The molecule has 0 bridgehead atoms. The Hall–Kier alpha value is -2.59. The second-order valence-corrected chi connectivity index (χ2v) is 56.5. The van der Waals surface area contributed by atoms with E-state index in [-0.39, 0.29) is 58.2 Å². The van der Waals surface area contributed by atoms with Gasteiger partial charge in [-0.2, -0.15) is 0 Å². The van der Waals surface area contributed by atoms with Crippen LogP contribution >= 0.6 is 137 Å². The fraction of sp³-hybridized carbons (Fsp3) is 0.507. The molecule has 0 aliphatic heterocycles. The number of rotatable bonds is 22. The Bertz CT molecular complexity index is 3860. The summed E-state index contributed by atoms with van der Waals surface area (Å²) < 4.78 is 37.7. The molecule has 0 saturated heterocycles. The number of esters is 4. The standard InChI is InChI=1S/C42H56O4S6Si2.C15H24S2Si.C12H10Cl2O4S2/c1-15-45-41(43)35-37(31-17-27-29(47-31)19-33(49-27)53(21(3)4,22(5)6)23(7)8)51-40-36(42(44)46-16-2)38(52-39(35)40)32-18-28-30(48-32)20-34(50-28)54(24(9)10,25(11)12)26(13)14;1-10(2)18(11(3)4,12(5)6)15-9-14-13(17-15)7-8-16-14;1-3-17-11(15)5-7-8(20-9(5)13)6(10(14)19-7)12(16)18-4-2/h17-26H,15-16H2,1-14H3;7-12H,1-6H3;3-4H2,1-2H3. The molecule has 0 unspecified atom stereocenters. The van der Waals surface area contributed by atoms with Crippen LogP contribution in [0.1, 0.15) is 194 Å². The SMILES string of the molecule is CC(C)[Si](c1cc2sccc2s1)(C(C)C)C(C)C.CCOC(=O)c1c(-c2cc3sc([Si](C(C)C)(C(C)C)C(C)C)cc3s2)sc2c(C(=O)OCC)c(-c3cc4sc([Si](C(C)C)(C(C)C)C(C)C)cc4s3)sc12.CCOC(=O)c1c(Cl)sc2c(C(=O)OCC)c(Cl)sc12. The van der Waals surface area contributed by atoms with Crippen molar-refractivity contribution in [2.75, 3.05) is 26.4 Å². The van der Waals surface area contributed by atoms with Gasteiger partial charge in [0.25, 0.3) is 0 Å². The number of hydrogen-bond acceptors (Lipinski definition) is 18. The van der Waals surface area contributed by atoms with Gasteiger partial charge in [-0.1, -0.05) is 148 Å². The first-order chi connectivity index (χ1) is 43.4. The van der Waals surface area contributed by atoms with Crippen LogP contribution in [0.15, 0.2) is 41.8 Å². The maximum atomic E-state index is 13.9. The minimum absolute atomic E-state index is 0.246. The van der Waals surface area contributed by atoms with Gasteiger partial charge in [0.05, 0.1) is 66.1 Å². The third-order valence-corrected chi connectivity index (χ3v) is 55.0. The van der Waals surface area contributed by atoms with Crippen molar-refractivity contribution >= 4 is 245 Å². The second kappa shape index (κ2) is 30.7. The zero-order valence-corrected chi connectivity index (χ0v) is 69.8. The molecule has 0 spiro atoms. The van der Waals surface area contributed by atoms with E-state index in [9.17, 15) is 19.2 Å². The van der Waals surface area contributed by atoms with Crippen molar-refractivity contribution in [2.24, 2.45) is 0 Å². The van der Waals surface area contributed by atoms with Crippen LogP contribution < -0.4 is 13.5 Å². The molecule has 10 aromatic heterocycles. The van der Waals surface area contributed by atoms with E-state index in [1.54, 1.807) is 72.7 Å². The van der Waals surface area contributed by atoms with E-state index in [2.05, 4.69) is 178 Å². The van der Waals surface area contributed by atoms with Gasteiger partial charge in [0.1, 0.15) is 44.0 Å².